The number of halogens is 1. The number of aromatic nitrogens is 2. The highest BCUT2D eigenvalue weighted by Gasteiger charge is 2.16. The van der Waals surface area contributed by atoms with Gasteiger partial charge in [0.1, 0.15) is 19.0 Å². The minimum absolute atomic E-state index is 0.261. The number of hydrogen-bond acceptors (Lipinski definition) is 4. The van der Waals surface area contributed by atoms with E-state index in [2.05, 4.69) is 10.3 Å². The molecule has 5 rings (SSSR count). The fourth-order valence-corrected chi connectivity index (χ4v) is 3.84. The van der Waals surface area contributed by atoms with Gasteiger partial charge in [0.05, 0.1) is 23.4 Å². The second-order valence-corrected chi connectivity index (χ2v) is 7.73. The van der Waals surface area contributed by atoms with Gasteiger partial charge in [-0.1, -0.05) is 30.3 Å². The van der Waals surface area contributed by atoms with Crippen molar-refractivity contribution in [1.82, 2.24) is 14.9 Å². The molecule has 33 heavy (non-hydrogen) atoms. The maximum absolute atomic E-state index is 13.5. The van der Waals surface area contributed by atoms with Crippen LogP contribution in [-0.2, 0) is 11.3 Å². The van der Waals surface area contributed by atoms with E-state index < -0.39 is 0 Å². The Morgan fingerprint density at radius 2 is 1.85 bits per heavy atom. The molecule has 166 valence electrons. The molecule has 0 aliphatic carbocycles. The van der Waals surface area contributed by atoms with Crippen LogP contribution in [0.1, 0.15) is 17.2 Å². The lowest BCUT2D eigenvalue weighted by atomic mass is 10.1. The van der Waals surface area contributed by atoms with Crippen LogP contribution in [0, 0.1) is 5.82 Å². The zero-order chi connectivity index (χ0) is 22.6. The molecular weight excluding hydrogens is 421 g/mol. The van der Waals surface area contributed by atoms with Crippen molar-refractivity contribution in [2.24, 2.45) is 0 Å². The minimum Gasteiger partial charge on any atom is -0.486 e. The van der Waals surface area contributed by atoms with Crippen molar-refractivity contribution in [3.8, 4) is 11.5 Å². The SMILES string of the molecule is O=C(/C=C/c1ccc2c(c1)OCCO2)NC(Cn1cnc2ccccc21)c1ccc(F)cc1. The average Bonchev–Trinajstić information content (AvgIpc) is 3.25. The van der Waals surface area contributed by atoms with Gasteiger partial charge in [0.2, 0.25) is 5.91 Å². The van der Waals surface area contributed by atoms with E-state index in [9.17, 15) is 9.18 Å². The van der Waals surface area contributed by atoms with Gasteiger partial charge >= 0.3 is 0 Å². The van der Waals surface area contributed by atoms with Crippen LogP contribution in [0.15, 0.2) is 79.1 Å². The van der Waals surface area contributed by atoms with E-state index in [1.165, 1.54) is 18.2 Å². The fraction of sp³-hybridized carbons (Fsp3) is 0.154. The molecule has 0 spiro atoms. The van der Waals surface area contributed by atoms with Crippen molar-refractivity contribution in [2.45, 2.75) is 12.6 Å². The number of para-hydroxylation sites is 2. The number of nitrogens with one attached hydrogen (secondary N) is 1. The number of benzene rings is 3. The lowest BCUT2D eigenvalue weighted by Gasteiger charge is -2.20. The van der Waals surface area contributed by atoms with Crippen molar-refractivity contribution in [2.75, 3.05) is 13.2 Å². The highest BCUT2D eigenvalue weighted by molar-refractivity contribution is 5.92. The standard InChI is InChI=1S/C26H22FN3O3/c27-20-9-7-19(8-10-20)22(16-30-17-28-21-3-1-2-4-23(21)30)29-26(31)12-6-18-5-11-24-25(15-18)33-14-13-32-24/h1-12,15,17,22H,13-14,16H2,(H,29,31)/b12-6+. The van der Waals surface area contributed by atoms with Crippen molar-refractivity contribution < 1.29 is 18.7 Å². The van der Waals surface area contributed by atoms with Crippen LogP contribution in [0.25, 0.3) is 17.1 Å². The molecule has 1 N–H and O–H groups in total. The summed E-state index contributed by atoms with van der Waals surface area (Å²) < 4.78 is 26.6. The first-order valence-electron chi connectivity index (χ1n) is 10.7. The maximum atomic E-state index is 13.5. The topological polar surface area (TPSA) is 65.4 Å². The molecule has 1 atom stereocenters. The van der Waals surface area contributed by atoms with Gasteiger partial charge in [-0.05, 0) is 53.6 Å². The number of carbonyl (C=O) groups excluding carboxylic acids is 1. The van der Waals surface area contributed by atoms with E-state index in [0.29, 0.717) is 31.3 Å². The second-order valence-electron chi connectivity index (χ2n) is 7.73. The van der Waals surface area contributed by atoms with Gasteiger partial charge in [0, 0.05) is 12.6 Å². The Bertz CT molecular complexity index is 1310. The number of ether oxygens (including phenoxy) is 2. The molecule has 1 aromatic heterocycles. The first kappa shape index (κ1) is 20.8. The minimum atomic E-state index is -0.374. The first-order chi connectivity index (χ1) is 16.2. The van der Waals surface area contributed by atoms with Crippen molar-refractivity contribution in [3.63, 3.8) is 0 Å². The summed E-state index contributed by atoms with van der Waals surface area (Å²) in [6.45, 7) is 1.49. The summed E-state index contributed by atoms with van der Waals surface area (Å²) in [7, 11) is 0. The van der Waals surface area contributed by atoms with E-state index in [1.54, 1.807) is 24.5 Å². The molecule has 3 aromatic carbocycles. The van der Waals surface area contributed by atoms with Gasteiger partial charge in [0.25, 0.3) is 0 Å². The van der Waals surface area contributed by atoms with Crippen LogP contribution in [0.4, 0.5) is 4.39 Å². The zero-order valence-electron chi connectivity index (χ0n) is 17.8. The number of nitrogens with zero attached hydrogens (tertiary/aromatic N) is 2. The molecule has 1 unspecified atom stereocenters. The molecular formula is C26H22FN3O3. The lowest BCUT2D eigenvalue weighted by Crippen LogP contribution is -2.30. The second kappa shape index (κ2) is 9.16. The van der Waals surface area contributed by atoms with Crippen LogP contribution in [-0.4, -0.2) is 28.7 Å². The monoisotopic (exact) mass is 443 g/mol. The Hall–Kier alpha value is -4.13. The van der Waals surface area contributed by atoms with Crippen LogP contribution >= 0.6 is 0 Å². The Kier molecular flexibility index (Phi) is 5.76. The number of amides is 1. The van der Waals surface area contributed by atoms with Gasteiger partial charge in [-0.2, -0.15) is 0 Å². The van der Waals surface area contributed by atoms with E-state index in [4.69, 9.17) is 9.47 Å². The van der Waals surface area contributed by atoms with E-state index in [-0.39, 0.29) is 17.8 Å². The molecule has 1 amide bonds. The van der Waals surface area contributed by atoms with Gasteiger partial charge in [-0.25, -0.2) is 9.37 Å². The smallest absolute Gasteiger partial charge is 0.244 e. The molecule has 1 aliphatic heterocycles. The lowest BCUT2D eigenvalue weighted by molar-refractivity contribution is -0.117. The molecule has 1 aliphatic rings. The number of hydrogen-bond donors (Lipinski definition) is 1. The molecule has 0 bridgehead atoms. The Morgan fingerprint density at radius 1 is 1.06 bits per heavy atom. The van der Waals surface area contributed by atoms with Crippen LogP contribution in [0.3, 0.4) is 0 Å². The number of imidazole rings is 1. The third-order valence-electron chi connectivity index (χ3n) is 5.49. The molecule has 0 saturated carbocycles. The average molecular weight is 443 g/mol. The predicted molar refractivity (Wildman–Crippen MR) is 123 cm³/mol. The summed E-state index contributed by atoms with van der Waals surface area (Å²) in [6.07, 6.45) is 4.95. The molecule has 0 saturated heterocycles. The highest BCUT2D eigenvalue weighted by atomic mass is 19.1. The van der Waals surface area contributed by atoms with Crippen molar-refractivity contribution >= 4 is 23.0 Å². The maximum Gasteiger partial charge on any atom is 0.244 e. The third-order valence-corrected chi connectivity index (χ3v) is 5.49. The van der Waals surface area contributed by atoms with Crippen molar-refractivity contribution in [1.29, 1.82) is 0 Å². The van der Waals surface area contributed by atoms with Gasteiger partial charge in [-0.15, -0.1) is 0 Å². The van der Waals surface area contributed by atoms with E-state index in [1.807, 2.05) is 47.0 Å². The highest BCUT2D eigenvalue weighted by Crippen LogP contribution is 2.31. The van der Waals surface area contributed by atoms with Gasteiger partial charge in [0.15, 0.2) is 11.5 Å². The summed E-state index contributed by atoms with van der Waals surface area (Å²) in [6, 6.07) is 19.1. The summed E-state index contributed by atoms with van der Waals surface area (Å²) >= 11 is 0. The Labute approximate surface area is 190 Å². The van der Waals surface area contributed by atoms with Crippen LogP contribution in [0.2, 0.25) is 0 Å². The molecule has 6 nitrogen and oxygen atoms in total. The largest absolute Gasteiger partial charge is 0.486 e. The molecule has 7 heteroatoms. The molecule has 4 aromatic rings. The predicted octanol–water partition coefficient (Wildman–Crippen LogP) is 4.52. The van der Waals surface area contributed by atoms with E-state index in [0.717, 1.165) is 22.2 Å². The Balaban J connectivity index is 1.35. The normalized spacial score (nSPS) is 13.8. The quantitative estimate of drug-likeness (QED) is 0.445. The summed E-state index contributed by atoms with van der Waals surface area (Å²) in [4.78, 5) is 17.2. The number of rotatable bonds is 6. The zero-order valence-corrected chi connectivity index (χ0v) is 17.8. The number of carbonyl (C=O) groups is 1. The van der Waals surface area contributed by atoms with Gasteiger partial charge in [-0.3, -0.25) is 4.79 Å². The van der Waals surface area contributed by atoms with E-state index >= 15 is 0 Å². The summed E-state index contributed by atoms with van der Waals surface area (Å²) in [5, 5.41) is 3.04. The van der Waals surface area contributed by atoms with Crippen LogP contribution in [0.5, 0.6) is 11.5 Å². The summed E-state index contributed by atoms with van der Waals surface area (Å²) in [5.41, 5.74) is 3.47. The molecule has 2 heterocycles. The third kappa shape index (κ3) is 4.72. The molecule has 0 radical (unpaired) electrons. The van der Waals surface area contributed by atoms with Crippen LogP contribution < -0.4 is 14.8 Å². The summed E-state index contributed by atoms with van der Waals surface area (Å²) in [5.74, 6) is 0.783. The first-order valence-corrected chi connectivity index (χ1v) is 10.7. The van der Waals surface area contributed by atoms with Gasteiger partial charge < -0.3 is 19.4 Å². The molecule has 0 fully saturated rings. The number of fused-ring (bicyclic) bond motifs is 2. The van der Waals surface area contributed by atoms with Crippen molar-refractivity contribution in [3.05, 3.63) is 96.1 Å². The Morgan fingerprint density at radius 3 is 2.70 bits per heavy atom. The fourth-order valence-electron chi connectivity index (χ4n) is 3.84.